The SMILES string of the molecule is CNS(=O)(=O)c1ccc(Sc2cc(C)ccc2C)cc1N. The van der Waals surface area contributed by atoms with Crippen LogP contribution in [0.25, 0.3) is 0 Å². The molecule has 0 aliphatic carbocycles. The third kappa shape index (κ3) is 3.58. The van der Waals surface area contributed by atoms with E-state index in [2.05, 4.69) is 22.9 Å². The predicted octanol–water partition coefficient (Wildman–Crippen LogP) is 2.94. The highest BCUT2D eigenvalue weighted by Gasteiger charge is 2.15. The first-order valence-corrected chi connectivity index (χ1v) is 8.71. The lowest BCUT2D eigenvalue weighted by atomic mass is 10.2. The van der Waals surface area contributed by atoms with Gasteiger partial charge in [0, 0.05) is 9.79 Å². The van der Waals surface area contributed by atoms with Crippen LogP contribution in [0.1, 0.15) is 11.1 Å². The second-order valence-electron chi connectivity index (χ2n) is 4.78. The summed E-state index contributed by atoms with van der Waals surface area (Å²) in [5.41, 5.74) is 8.48. The van der Waals surface area contributed by atoms with E-state index in [0.29, 0.717) is 0 Å². The van der Waals surface area contributed by atoms with Crippen molar-refractivity contribution in [3.05, 3.63) is 47.5 Å². The molecule has 0 heterocycles. The summed E-state index contributed by atoms with van der Waals surface area (Å²) in [6.45, 7) is 4.09. The first kappa shape index (κ1) is 15.9. The summed E-state index contributed by atoms with van der Waals surface area (Å²) < 4.78 is 25.9. The topological polar surface area (TPSA) is 72.2 Å². The Morgan fingerprint density at radius 3 is 2.43 bits per heavy atom. The highest BCUT2D eigenvalue weighted by atomic mass is 32.2. The highest BCUT2D eigenvalue weighted by molar-refractivity contribution is 7.99. The van der Waals surface area contributed by atoms with E-state index in [1.807, 2.05) is 13.8 Å². The van der Waals surface area contributed by atoms with E-state index < -0.39 is 10.0 Å². The van der Waals surface area contributed by atoms with E-state index in [1.54, 1.807) is 23.9 Å². The van der Waals surface area contributed by atoms with E-state index in [1.165, 1.54) is 24.2 Å². The van der Waals surface area contributed by atoms with Crippen molar-refractivity contribution in [2.45, 2.75) is 28.5 Å². The van der Waals surface area contributed by atoms with Crippen molar-refractivity contribution in [2.24, 2.45) is 0 Å². The molecule has 0 spiro atoms. The Hall–Kier alpha value is -1.50. The zero-order valence-electron chi connectivity index (χ0n) is 12.2. The molecule has 0 unspecified atom stereocenters. The number of benzene rings is 2. The molecule has 0 atom stereocenters. The fourth-order valence-corrected chi connectivity index (χ4v) is 3.78. The molecule has 2 aromatic carbocycles. The molecular formula is C15H18N2O2S2. The molecule has 0 radical (unpaired) electrons. The lowest BCUT2D eigenvalue weighted by molar-refractivity contribution is 0.588. The van der Waals surface area contributed by atoms with Crippen LogP contribution in [-0.2, 0) is 10.0 Å². The Morgan fingerprint density at radius 2 is 1.81 bits per heavy atom. The average molecular weight is 322 g/mol. The van der Waals surface area contributed by atoms with Crippen LogP contribution in [0, 0.1) is 13.8 Å². The van der Waals surface area contributed by atoms with Crippen LogP contribution < -0.4 is 10.5 Å². The number of nitrogens with one attached hydrogen (secondary N) is 1. The summed E-state index contributed by atoms with van der Waals surface area (Å²) in [5.74, 6) is 0. The highest BCUT2D eigenvalue weighted by Crippen LogP contribution is 2.33. The van der Waals surface area contributed by atoms with Gasteiger partial charge < -0.3 is 5.73 Å². The van der Waals surface area contributed by atoms with E-state index in [9.17, 15) is 8.42 Å². The molecule has 0 aromatic heterocycles. The molecular weight excluding hydrogens is 304 g/mol. The molecule has 2 aromatic rings. The van der Waals surface area contributed by atoms with Gasteiger partial charge in [0.05, 0.1) is 5.69 Å². The minimum Gasteiger partial charge on any atom is -0.398 e. The van der Waals surface area contributed by atoms with Gasteiger partial charge in [0.2, 0.25) is 10.0 Å². The molecule has 0 amide bonds. The van der Waals surface area contributed by atoms with Gasteiger partial charge in [-0.3, -0.25) is 0 Å². The van der Waals surface area contributed by atoms with E-state index in [-0.39, 0.29) is 10.6 Å². The lowest BCUT2D eigenvalue weighted by Crippen LogP contribution is -2.19. The summed E-state index contributed by atoms with van der Waals surface area (Å²) in [5, 5.41) is 0. The summed E-state index contributed by atoms with van der Waals surface area (Å²) >= 11 is 1.57. The monoisotopic (exact) mass is 322 g/mol. The Bertz CT molecular complexity index is 771. The first-order valence-electron chi connectivity index (χ1n) is 6.41. The van der Waals surface area contributed by atoms with Crippen LogP contribution >= 0.6 is 11.8 Å². The van der Waals surface area contributed by atoms with Crippen molar-refractivity contribution in [1.82, 2.24) is 4.72 Å². The molecule has 0 fully saturated rings. The molecule has 3 N–H and O–H groups in total. The third-order valence-electron chi connectivity index (χ3n) is 3.11. The fourth-order valence-electron chi connectivity index (χ4n) is 1.89. The largest absolute Gasteiger partial charge is 0.398 e. The van der Waals surface area contributed by atoms with Crippen molar-refractivity contribution in [2.75, 3.05) is 12.8 Å². The standard InChI is InChI=1S/C15H18N2O2S2/c1-10-4-5-11(2)14(8-10)20-12-6-7-15(13(16)9-12)21(18,19)17-3/h4-9,17H,16H2,1-3H3. The van der Waals surface area contributed by atoms with Crippen LogP contribution in [0.5, 0.6) is 0 Å². The molecule has 112 valence electrons. The van der Waals surface area contributed by atoms with Crippen molar-refractivity contribution >= 4 is 27.5 Å². The maximum Gasteiger partial charge on any atom is 0.242 e. The third-order valence-corrected chi connectivity index (χ3v) is 5.75. The van der Waals surface area contributed by atoms with Crippen LogP contribution in [0.2, 0.25) is 0 Å². The van der Waals surface area contributed by atoms with Crippen molar-refractivity contribution in [3.63, 3.8) is 0 Å². The van der Waals surface area contributed by atoms with E-state index in [4.69, 9.17) is 5.73 Å². The number of hydrogen-bond acceptors (Lipinski definition) is 4. The smallest absolute Gasteiger partial charge is 0.242 e. The van der Waals surface area contributed by atoms with Gasteiger partial charge >= 0.3 is 0 Å². The van der Waals surface area contributed by atoms with Crippen LogP contribution in [0.4, 0.5) is 5.69 Å². The summed E-state index contributed by atoms with van der Waals surface area (Å²) in [6, 6.07) is 11.2. The van der Waals surface area contributed by atoms with Gasteiger partial charge in [-0.25, -0.2) is 13.1 Å². The minimum absolute atomic E-state index is 0.107. The second-order valence-corrected chi connectivity index (χ2v) is 7.75. The van der Waals surface area contributed by atoms with Crippen molar-refractivity contribution in [3.8, 4) is 0 Å². The van der Waals surface area contributed by atoms with Gasteiger partial charge in [-0.15, -0.1) is 0 Å². The molecule has 0 saturated carbocycles. The number of anilines is 1. The molecule has 0 saturated heterocycles. The predicted molar refractivity (Wildman–Crippen MR) is 87.1 cm³/mol. The fraction of sp³-hybridized carbons (Fsp3) is 0.200. The van der Waals surface area contributed by atoms with Crippen LogP contribution in [0.3, 0.4) is 0 Å². The average Bonchev–Trinajstić information content (AvgIpc) is 2.43. The van der Waals surface area contributed by atoms with Crippen molar-refractivity contribution in [1.29, 1.82) is 0 Å². The second kappa shape index (κ2) is 6.09. The van der Waals surface area contributed by atoms with Gasteiger partial charge in [0.1, 0.15) is 4.90 Å². The molecule has 0 bridgehead atoms. The number of aryl methyl sites for hydroxylation is 2. The van der Waals surface area contributed by atoms with Gasteiger partial charge in [0.15, 0.2) is 0 Å². The number of nitrogens with two attached hydrogens (primary N) is 1. The zero-order chi connectivity index (χ0) is 15.6. The number of sulfonamides is 1. The number of rotatable bonds is 4. The summed E-state index contributed by atoms with van der Waals surface area (Å²) in [4.78, 5) is 2.16. The van der Waals surface area contributed by atoms with E-state index in [0.717, 1.165) is 9.79 Å². The molecule has 6 heteroatoms. The van der Waals surface area contributed by atoms with Gasteiger partial charge in [-0.2, -0.15) is 0 Å². The Labute approximate surface area is 129 Å². The quantitative estimate of drug-likeness (QED) is 0.849. The summed E-state index contributed by atoms with van der Waals surface area (Å²) in [6.07, 6.45) is 0. The van der Waals surface area contributed by atoms with Gasteiger partial charge in [-0.1, -0.05) is 23.9 Å². The van der Waals surface area contributed by atoms with Crippen molar-refractivity contribution < 1.29 is 8.42 Å². The Balaban J connectivity index is 2.35. The Kier molecular flexibility index (Phi) is 4.61. The molecule has 0 aliphatic heterocycles. The summed E-state index contributed by atoms with van der Waals surface area (Å²) in [7, 11) is -2.15. The lowest BCUT2D eigenvalue weighted by Gasteiger charge is -2.10. The maximum atomic E-state index is 11.8. The van der Waals surface area contributed by atoms with Crippen LogP contribution in [0.15, 0.2) is 51.1 Å². The van der Waals surface area contributed by atoms with Gasteiger partial charge in [-0.05, 0) is 56.3 Å². The zero-order valence-corrected chi connectivity index (χ0v) is 13.8. The first-order chi connectivity index (χ1) is 9.83. The van der Waals surface area contributed by atoms with Gasteiger partial charge in [0.25, 0.3) is 0 Å². The molecule has 2 rings (SSSR count). The number of nitrogen functional groups attached to an aromatic ring is 1. The molecule has 21 heavy (non-hydrogen) atoms. The normalized spacial score (nSPS) is 11.6. The molecule has 0 aliphatic rings. The molecule has 4 nitrogen and oxygen atoms in total. The minimum atomic E-state index is -3.52. The number of hydrogen-bond donors (Lipinski definition) is 2. The van der Waals surface area contributed by atoms with E-state index >= 15 is 0 Å². The maximum absolute atomic E-state index is 11.8. The van der Waals surface area contributed by atoms with Crippen LogP contribution in [-0.4, -0.2) is 15.5 Å². The Morgan fingerprint density at radius 1 is 1.10 bits per heavy atom.